The third-order valence-corrected chi connectivity index (χ3v) is 13.1. The first-order chi connectivity index (χ1) is 30.0. The number of benzene rings is 10. The number of hydrogen-bond acceptors (Lipinski definition) is 2. The molecule has 0 bridgehead atoms. The van der Waals surface area contributed by atoms with Gasteiger partial charge in [-0.15, -0.1) is 0 Å². The zero-order valence-corrected chi connectivity index (χ0v) is 34.0. The van der Waals surface area contributed by atoms with Crippen LogP contribution >= 0.6 is 0 Å². The van der Waals surface area contributed by atoms with Crippen LogP contribution in [-0.2, 0) is 5.41 Å². The second-order valence-electron chi connectivity index (χ2n) is 16.9. The summed E-state index contributed by atoms with van der Waals surface area (Å²) < 4.78 is 0. The third kappa shape index (κ3) is 5.71. The topological polar surface area (TPSA) is 25.8 Å². The van der Waals surface area contributed by atoms with E-state index in [0.717, 1.165) is 33.5 Å². The maximum atomic E-state index is 5.31. The smallest absolute Gasteiger partial charge is 0.161 e. The van der Waals surface area contributed by atoms with E-state index in [1.165, 1.54) is 82.2 Å². The monoisotopic (exact) mass is 776 g/mol. The van der Waals surface area contributed by atoms with E-state index in [-0.39, 0.29) is 5.41 Å². The molecule has 61 heavy (non-hydrogen) atoms. The summed E-state index contributed by atoms with van der Waals surface area (Å²) in [6.07, 6.45) is 0. The van der Waals surface area contributed by atoms with Crippen molar-refractivity contribution in [3.8, 4) is 67.3 Å². The minimum absolute atomic E-state index is 0.0711. The summed E-state index contributed by atoms with van der Waals surface area (Å²) in [5, 5.41) is 9.73. The van der Waals surface area contributed by atoms with Crippen molar-refractivity contribution >= 4 is 43.1 Å². The van der Waals surface area contributed by atoms with Crippen molar-refractivity contribution in [1.29, 1.82) is 0 Å². The van der Waals surface area contributed by atoms with Crippen molar-refractivity contribution in [2.75, 3.05) is 0 Å². The number of rotatable bonds is 5. The minimum atomic E-state index is -0.0711. The molecule has 0 N–H and O–H groups in total. The van der Waals surface area contributed by atoms with Gasteiger partial charge >= 0.3 is 0 Å². The summed E-state index contributed by atoms with van der Waals surface area (Å²) in [5.74, 6) is 0.710. The summed E-state index contributed by atoms with van der Waals surface area (Å²) in [7, 11) is 0. The first-order valence-electron chi connectivity index (χ1n) is 21.1. The van der Waals surface area contributed by atoms with E-state index in [1.807, 2.05) is 6.07 Å². The van der Waals surface area contributed by atoms with E-state index in [4.69, 9.17) is 9.97 Å². The first kappa shape index (κ1) is 35.3. The standard InChI is InChI=1S/C59H40N2/c1-59(2)54-31-26-42(34-52(54)53-33-40-18-8-9-19-41(40)35-55(53)59)44-27-28-49(46-21-11-10-20-45(44)46)50-29-30-51(48-23-13-12-22-47(48)50)58-60-56(38-15-4-3-5-16-38)36-57(61-58)43-25-24-37-14-6-7-17-39(37)32-43/h3-36H,1-2H3. The quantitative estimate of drug-likeness (QED) is 0.174. The van der Waals surface area contributed by atoms with E-state index >= 15 is 0 Å². The Bertz CT molecular complexity index is 3560. The Balaban J connectivity index is 0.997. The molecule has 0 atom stereocenters. The van der Waals surface area contributed by atoms with Gasteiger partial charge in [0.2, 0.25) is 0 Å². The van der Waals surface area contributed by atoms with Crippen LogP contribution in [0.15, 0.2) is 206 Å². The molecule has 0 spiro atoms. The van der Waals surface area contributed by atoms with Crippen LogP contribution in [0.25, 0.3) is 110 Å². The van der Waals surface area contributed by atoms with Crippen molar-refractivity contribution < 1.29 is 0 Å². The fraction of sp³-hybridized carbons (Fsp3) is 0.0508. The highest BCUT2D eigenvalue weighted by atomic mass is 14.9. The number of fused-ring (bicyclic) bond motifs is 7. The Hall–Kier alpha value is -7.68. The Labute approximate surface area is 355 Å². The molecule has 0 saturated carbocycles. The molecule has 286 valence electrons. The summed E-state index contributed by atoms with van der Waals surface area (Å²) in [6.45, 7) is 4.73. The van der Waals surface area contributed by atoms with Crippen LogP contribution in [0.3, 0.4) is 0 Å². The molecule has 0 amide bonds. The summed E-state index contributed by atoms with van der Waals surface area (Å²) >= 11 is 0. The minimum Gasteiger partial charge on any atom is -0.228 e. The second kappa shape index (κ2) is 13.7. The Morgan fingerprint density at radius 3 is 1.48 bits per heavy atom. The van der Waals surface area contributed by atoms with Gasteiger partial charge in [0, 0.05) is 22.1 Å². The van der Waals surface area contributed by atoms with Crippen molar-refractivity contribution in [2.45, 2.75) is 19.3 Å². The van der Waals surface area contributed by atoms with Crippen LogP contribution < -0.4 is 0 Å². The van der Waals surface area contributed by atoms with Gasteiger partial charge in [-0.3, -0.25) is 0 Å². The molecule has 0 saturated heterocycles. The molecular weight excluding hydrogens is 737 g/mol. The molecule has 0 unspecified atom stereocenters. The molecule has 0 aliphatic heterocycles. The van der Waals surface area contributed by atoms with Crippen LogP contribution in [0, 0.1) is 0 Å². The van der Waals surface area contributed by atoms with Gasteiger partial charge in [-0.2, -0.15) is 0 Å². The van der Waals surface area contributed by atoms with E-state index in [2.05, 4.69) is 214 Å². The zero-order chi connectivity index (χ0) is 40.7. The fourth-order valence-electron chi connectivity index (χ4n) is 9.94. The van der Waals surface area contributed by atoms with Gasteiger partial charge in [0.1, 0.15) is 0 Å². The SMILES string of the molecule is CC1(C)c2ccc(-c3ccc(-c4ccc(-c5nc(-c6ccccc6)cc(-c6ccc7ccccc7c6)n5)c5ccccc45)c4ccccc34)cc2-c2cc3ccccc3cc21. The Morgan fingerprint density at radius 1 is 0.295 bits per heavy atom. The van der Waals surface area contributed by atoms with Gasteiger partial charge in [-0.05, 0) is 124 Å². The van der Waals surface area contributed by atoms with Crippen molar-refractivity contribution in [3.63, 3.8) is 0 Å². The van der Waals surface area contributed by atoms with Gasteiger partial charge in [-0.25, -0.2) is 9.97 Å². The van der Waals surface area contributed by atoms with Gasteiger partial charge in [0.15, 0.2) is 5.82 Å². The van der Waals surface area contributed by atoms with E-state index in [9.17, 15) is 0 Å². The molecule has 0 radical (unpaired) electrons. The lowest BCUT2D eigenvalue weighted by molar-refractivity contribution is 0.661. The van der Waals surface area contributed by atoms with E-state index < -0.39 is 0 Å². The summed E-state index contributed by atoms with van der Waals surface area (Å²) in [6, 6.07) is 75.0. The maximum absolute atomic E-state index is 5.31. The average molecular weight is 777 g/mol. The average Bonchev–Trinajstić information content (AvgIpc) is 3.54. The molecule has 1 heterocycles. The van der Waals surface area contributed by atoms with Crippen LogP contribution in [0.5, 0.6) is 0 Å². The highest BCUT2D eigenvalue weighted by molar-refractivity contribution is 6.12. The molecule has 1 aromatic heterocycles. The molecule has 1 aliphatic rings. The molecule has 10 aromatic carbocycles. The number of nitrogens with zero attached hydrogens (tertiary/aromatic N) is 2. The Kier molecular flexibility index (Phi) is 7.92. The molecule has 2 nitrogen and oxygen atoms in total. The molecule has 12 rings (SSSR count). The highest BCUT2D eigenvalue weighted by Crippen LogP contribution is 2.51. The normalized spacial score (nSPS) is 12.9. The van der Waals surface area contributed by atoms with Gasteiger partial charge in [0.25, 0.3) is 0 Å². The van der Waals surface area contributed by atoms with Crippen LogP contribution in [0.2, 0.25) is 0 Å². The van der Waals surface area contributed by atoms with E-state index in [1.54, 1.807) is 0 Å². The molecular formula is C59H40N2. The molecule has 0 fully saturated rings. The largest absolute Gasteiger partial charge is 0.228 e. The molecule has 2 heteroatoms. The third-order valence-electron chi connectivity index (χ3n) is 13.1. The number of hydrogen-bond donors (Lipinski definition) is 0. The van der Waals surface area contributed by atoms with Gasteiger partial charge in [-0.1, -0.05) is 184 Å². The molecule has 11 aromatic rings. The Morgan fingerprint density at radius 2 is 0.787 bits per heavy atom. The number of aromatic nitrogens is 2. The van der Waals surface area contributed by atoms with Crippen LogP contribution in [0.4, 0.5) is 0 Å². The van der Waals surface area contributed by atoms with Gasteiger partial charge < -0.3 is 0 Å². The predicted octanol–water partition coefficient (Wildman–Crippen LogP) is 15.7. The first-order valence-corrected chi connectivity index (χ1v) is 21.1. The summed E-state index contributed by atoms with van der Waals surface area (Å²) in [5.41, 5.74) is 15.2. The van der Waals surface area contributed by atoms with Crippen LogP contribution in [0.1, 0.15) is 25.0 Å². The fourth-order valence-corrected chi connectivity index (χ4v) is 9.94. The predicted molar refractivity (Wildman–Crippen MR) is 257 cm³/mol. The second-order valence-corrected chi connectivity index (χ2v) is 16.9. The van der Waals surface area contributed by atoms with E-state index in [0.29, 0.717) is 5.82 Å². The van der Waals surface area contributed by atoms with Crippen LogP contribution in [-0.4, -0.2) is 9.97 Å². The lowest BCUT2D eigenvalue weighted by atomic mass is 9.81. The lowest BCUT2D eigenvalue weighted by Gasteiger charge is -2.22. The zero-order valence-electron chi connectivity index (χ0n) is 34.0. The molecule has 1 aliphatic carbocycles. The summed E-state index contributed by atoms with van der Waals surface area (Å²) in [4.78, 5) is 10.6. The van der Waals surface area contributed by atoms with Crippen molar-refractivity contribution in [2.24, 2.45) is 0 Å². The highest BCUT2D eigenvalue weighted by Gasteiger charge is 2.36. The lowest BCUT2D eigenvalue weighted by Crippen LogP contribution is -2.14. The van der Waals surface area contributed by atoms with Gasteiger partial charge in [0.05, 0.1) is 11.4 Å². The van der Waals surface area contributed by atoms with Crippen molar-refractivity contribution in [1.82, 2.24) is 9.97 Å². The maximum Gasteiger partial charge on any atom is 0.161 e. The van der Waals surface area contributed by atoms with Crippen molar-refractivity contribution in [3.05, 3.63) is 217 Å².